The molecule has 0 aliphatic carbocycles. The lowest BCUT2D eigenvalue weighted by atomic mass is 10.1. The lowest BCUT2D eigenvalue weighted by Gasteiger charge is -2.20. The predicted octanol–water partition coefficient (Wildman–Crippen LogP) is -2.45. The van der Waals surface area contributed by atoms with Gasteiger partial charge in [0.25, 0.3) is 0 Å². The molecule has 0 radical (unpaired) electrons. The highest BCUT2D eigenvalue weighted by atomic mass is 31.2. The molecular formula is C9H14N3O8P. The molecule has 118 valence electrons. The molecule has 4 atom stereocenters. The maximum absolute atomic E-state index is 11.7. The number of rotatable bonds is 4. The van der Waals surface area contributed by atoms with E-state index in [4.69, 9.17) is 25.4 Å². The van der Waals surface area contributed by atoms with Crippen molar-refractivity contribution in [2.24, 2.45) is 0 Å². The first kappa shape index (κ1) is 16.0. The maximum atomic E-state index is 11.7. The van der Waals surface area contributed by atoms with Gasteiger partial charge in [-0.05, 0) is 6.07 Å². The molecule has 0 bridgehead atoms. The number of nitrogens with two attached hydrogens (primary N) is 1. The Hall–Kier alpha value is -1.33. The number of aliphatic hydroxyl groups excluding tert-OH is 2. The number of phosphoric ester groups is 1. The fourth-order valence-electron chi connectivity index (χ4n) is 2.00. The number of ether oxygens (including phenoxy) is 1. The molecule has 2 rings (SSSR count). The summed E-state index contributed by atoms with van der Waals surface area (Å²) < 4.78 is 21.4. The van der Waals surface area contributed by atoms with Crippen LogP contribution in [0.1, 0.15) is 6.23 Å². The summed E-state index contributed by atoms with van der Waals surface area (Å²) in [6.45, 7) is -0.671. The first-order chi connectivity index (χ1) is 9.73. The first-order valence-electron chi connectivity index (χ1n) is 5.76. The van der Waals surface area contributed by atoms with Crippen LogP contribution >= 0.6 is 7.82 Å². The summed E-state index contributed by atoms with van der Waals surface area (Å²) in [7, 11) is -4.91. The van der Waals surface area contributed by atoms with Gasteiger partial charge < -0.3 is 30.5 Å². The van der Waals surface area contributed by atoms with Crippen LogP contribution in [-0.2, 0) is 13.8 Å². The second kappa shape index (κ2) is 5.81. The van der Waals surface area contributed by atoms with Gasteiger partial charge in [0.1, 0.15) is 24.1 Å². The summed E-state index contributed by atoms with van der Waals surface area (Å²) in [6, 6.07) is 1.28. The highest BCUT2D eigenvalue weighted by Gasteiger charge is 2.48. The van der Waals surface area contributed by atoms with Crippen molar-refractivity contribution < 1.29 is 33.8 Å². The monoisotopic (exact) mass is 323 g/mol. The van der Waals surface area contributed by atoms with Crippen LogP contribution in [-0.4, -0.2) is 54.5 Å². The highest BCUT2D eigenvalue weighted by Crippen LogP contribution is 2.43. The van der Waals surface area contributed by atoms with Crippen molar-refractivity contribution in [3.05, 3.63) is 22.7 Å². The van der Waals surface area contributed by atoms with E-state index >= 15 is 0 Å². The summed E-state index contributed by atoms with van der Waals surface area (Å²) in [5.41, 5.74) is 4.50. The summed E-state index contributed by atoms with van der Waals surface area (Å²) in [5, 5.41) is 19.2. The van der Waals surface area contributed by atoms with Gasteiger partial charge in [-0.25, -0.2) is 9.36 Å². The molecule has 6 N–H and O–H groups in total. The number of hydrogen-bond donors (Lipinski definition) is 5. The minimum absolute atomic E-state index is 0.0366. The van der Waals surface area contributed by atoms with Crippen LogP contribution < -0.4 is 11.4 Å². The molecule has 1 saturated heterocycles. The predicted molar refractivity (Wildman–Crippen MR) is 66.8 cm³/mol. The topological polar surface area (TPSA) is 177 Å². The maximum Gasteiger partial charge on any atom is 0.470 e. The number of anilines is 1. The first-order valence-corrected chi connectivity index (χ1v) is 7.29. The van der Waals surface area contributed by atoms with E-state index < -0.39 is 44.7 Å². The zero-order chi connectivity index (χ0) is 15.8. The van der Waals surface area contributed by atoms with E-state index in [1.54, 1.807) is 0 Å². The molecule has 0 unspecified atom stereocenters. The van der Waals surface area contributed by atoms with Crippen LogP contribution in [0, 0.1) is 0 Å². The minimum atomic E-state index is -4.91. The molecule has 1 aliphatic heterocycles. The van der Waals surface area contributed by atoms with E-state index in [1.165, 1.54) is 12.3 Å². The Kier molecular flexibility index (Phi) is 4.44. The lowest BCUT2D eigenvalue weighted by Crippen LogP contribution is -2.37. The van der Waals surface area contributed by atoms with Crippen LogP contribution in [0.2, 0.25) is 0 Å². The van der Waals surface area contributed by atoms with E-state index in [1.807, 2.05) is 0 Å². The summed E-state index contributed by atoms with van der Waals surface area (Å²) in [5.74, 6) is -0.0366. The zero-order valence-corrected chi connectivity index (χ0v) is 11.4. The van der Waals surface area contributed by atoms with Crippen molar-refractivity contribution in [1.82, 2.24) is 9.55 Å². The fraction of sp³-hybridized carbons (Fsp3) is 0.556. The molecule has 1 aromatic rings. The SMILES string of the molecule is Nc1ccn([C@@H]2O[C@H](CO)[C@H](OP(=O)(O)O)[C@H]2O)c(=O)n1. The summed E-state index contributed by atoms with van der Waals surface area (Å²) in [4.78, 5) is 32.7. The number of hydrogen-bond acceptors (Lipinski definition) is 8. The number of aromatic nitrogens is 2. The molecule has 1 aromatic heterocycles. The Morgan fingerprint density at radius 1 is 1.52 bits per heavy atom. The lowest BCUT2D eigenvalue weighted by molar-refractivity contribution is -0.0548. The van der Waals surface area contributed by atoms with Crippen molar-refractivity contribution in [2.45, 2.75) is 24.5 Å². The van der Waals surface area contributed by atoms with Crippen LogP contribution in [0.4, 0.5) is 5.82 Å². The third-order valence-corrected chi connectivity index (χ3v) is 3.39. The zero-order valence-electron chi connectivity index (χ0n) is 10.5. The van der Waals surface area contributed by atoms with Crippen molar-refractivity contribution in [1.29, 1.82) is 0 Å². The van der Waals surface area contributed by atoms with Gasteiger partial charge in [0.05, 0.1) is 6.61 Å². The van der Waals surface area contributed by atoms with E-state index in [2.05, 4.69) is 9.51 Å². The molecule has 2 heterocycles. The van der Waals surface area contributed by atoms with Gasteiger partial charge >= 0.3 is 13.5 Å². The van der Waals surface area contributed by atoms with Crippen molar-refractivity contribution in [3.8, 4) is 0 Å². The molecule has 0 spiro atoms. The van der Waals surface area contributed by atoms with Gasteiger partial charge in [-0.2, -0.15) is 4.98 Å². The van der Waals surface area contributed by atoms with Crippen molar-refractivity contribution in [2.75, 3.05) is 12.3 Å². The minimum Gasteiger partial charge on any atom is -0.394 e. The Balaban J connectivity index is 2.31. The summed E-state index contributed by atoms with van der Waals surface area (Å²) >= 11 is 0. The van der Waals surface area contributed by atoms with E-state index in [0.717, 1.165) is 4.57 Å². The van der Waals surface area contributed by atoms with Crippen LogP contribution in [0.5, 0.6) is 0 Å². The molecule has 12 heteroatoms. The molecule has 1 aliphatic rings. The second-order valence-corrected chi connectivity index (χ2v) is 5.53. The van der Waals surface area contributed by atoms with Gasteiger partial charge in [0.15, 0.2) is 6.23 Å². The Labute approximate surface area is 117 Å². The fourth-order valence-corrected chi connectivity index (χ4v) is 2.58. The molecule has 21 heavy (non-hydrogen) atoms. The van der Waals surface area contributed by atoms with Gasteiger partial charge in [-0.15, -0.1) is 0 Å². The molecule has 0 saturated carbocycles. The highest BCUT2D eigenvalue weighted by molar-refractivity contribution is 7.46. The average molecular weight is 323 g/mol. The third-order valence-electron chi connectivity index (χ3n) is 2.87. The molecule has 0 aromatic carbocycles. The second-order valence-electron chi connectivity index (χ2n) is 4.34. The Bertz CT molecular complexity index is 615. The summed E-state index contributed by atoms with van der Waals surface area (Å²) in [6.07, 6.45) is -4.45. The van der Waals surface area contributed by atoms with Crippen LogP contribution in [0.25, 0.3) is 0 Å². The van der Waals surface area contributed by atoms with E-state index in [9.17, 15) is 14.5 Å². The Morgan fingerprint density at radius 2 is 2.19 bits per heavy atom. The van der Waals surface area contributed by atoms with Crippen LogP contribution in [0.15, 0.2) is 17.1 Å². The van der Waals surface area contributed by atoms with Crippen molar-refractivity contribution in [3.63, 3.8) is 0 Å². The number of nitrogens with zero attached hydrogens (tertiary/aromatic N) is 2. The molecule has 0 amide bonds. The molecule has 1 fully saturated rings. The number of aliphatic hydroxyl groups is 2. The normalized spacial score (nSPS) is 29.7. The van der Waals surface area contributed by atoms with Crippen LogP contribution in [0.3, 0.4) is 0 Å². The van der Waals surface area contributed by atoms with Gasteiger partial charge in [-0.3, -0.25) is 9.09 Å². The van der Waals surface area contributed by atoms with Gasteiger partial charge in [0, 0.05) is 6.20 Å². The largest absolute Gasteiger partial charge is 0.470 e. The average Bonchev–Trinajstić information content (AvgIpc) is 2.65. The standard InChI is InChI=1S/C9H14N3O8P/c10-5-1-2-12(9(15)11-5)8-6(14)7(4(3-13)19-8)20-21(16,17)18/h1-2,4,6-8,13-14H,3H2,(H2,10,11,15)(H2,16,17,18)/t4-,6-,7+,8-/m1/s1. The molecule has 11 nitrogen and oxygen atoms in total. The molecular weight excluding hydrogens is 309 g/mol. The number of phosphoric acid groups is 1. The smallest absolute Gasteiger partial charge is 0.394 e. The van der Waals surface area contributed by atoms with E-state index in [-0.39, 0.29) is 5.82 Å². The number of nitrogen functional groups attached to an aromatic ring is 1. The van der Waals surface area contributed by atoms with Crippen molar-refractivity contribution >= 4 is 13.6 Å². The third kappa shape index (κ3) is 3.47. The Morgan fingerprint density at radius 3 is 2.71 bits per heavy atom. The van der Waals surface area contributed by atoms with Gasteiger partial charge in [-0.1, -0.05) is 0 Å². The van der Waals surface area contributed by atoms with Gasteiger partial charge in [0.2, 0.25) is 0 Å². The van der Waals surface area contributed by atoms with E-state index in [0.29, 0.717) is 0 Å². The quantitative estimate of drug-likeness (QED) is 0.374.